The van der Waals surface area contributed by atoms with Crippen LogP contribution in [0.15, 0.2) is 0 Å². The molecule has 0 radical (unpaired) electrons. The molecule has 0 aromatic heterocycles. The van der Waals surface area contributed by atoms with E-state index in [-0.39, 0.29) is 0 Å². The number of rotatable bonds is 4. The third-order valence-corrected chi connectivity index (χ3v) is 10.2. The lowest BCUT2D eigenvalue weighted by Crippen LogP contribution is -2.51. The molecule has 2 nitrogen and oxygen atoms in total. The number of hydrogen-bond donors (Lipinski definition) is 0. The molecule has 0 saturated heterocycles. The average molecular weight is 285 g/mol. The molecule has 0 spiro atoms. The van der Waals surface area contributed by atoms with Crippen LogP contribution in [0.3, 0.4) is 0 Å². The third-order valence-electron chi connectivity index (χ3n) is 5.49. The highest BCUT2D eigenvalue weighted by molar-refractivity contribution is 6.70. The molecule has 19 heavy (non-hydrogen) atoms. The molecule has 0 N–H and O–H groups in total. The van der Waals surface area contributed by atoms with Gasteiger partial charge in [0.15, 0.2) is 0 Å². The second-order valence-corrected chi connectivity index (χ2v) is 10.4. The summed E-state index contributed by atoms with van der Waals surface area (Å²) in [6, 6.07) is 0. The van der Waals surface area contributed by atoms with Crippen molar-refractivity contribution < 1.29 is 8.85 Å². The van der Waals surface area contributed by atoms with Gasteiger partial charge in [-0.3, -0.25) is 0 Å². The maximum Gasteiger partial charge on any atom is 0.344 e. The molecule has 0 atom stereocenters. The molecule has 0 heterocycles. The molecule has 0 aliphatic heterocycles. The van der Waals surface area contributed by atoms with E-state index in [2.05, 4.69) is 0 Å². The van der Waals surface area contributed by atoms with Crippen LogP contribution < -0.4 is 0 Å². The lowest BCUT2D eigenvalue weighted by atomic mass is 9.99. The molecule has 0 aromatic carbocycles. The largest absolute Gasteiger partial charge is 0.397 e. The molecule has 2 saturated carbocycles. The van der Waals surface area contributed by atoms with E-state index in [1.807, 2.05) is 14.2 Å². The van der Waals surface area contributed by atoms with Crippen LogP contribution in [0.5, 0.6) is 0 Å². The van der Waals surface area contributed by atoms with Crippen LogP contribution in [0, 0.1) is 0 Å². The summed E-state index contributed by atoms with van der Waals surface area (Å²) < 4.78 is 12.2. The van der Waals surface area contributed by atoms with Crippen molar-refractivity contribution in [2.24, 2.45) is 0 Å². The summed E-state index contributed by atoms with van der Waals surface area (Å²) in [5, 5.41) is 0. The second kappa shape index (κ2) is 7.80. The van der Waals surface area contributed by atoms with Gasteiger partial charge in [0.2, 0.25) is 0 Å². The summed E-state index contributed by atoms with van der Waals surface area (Å²) in [5.74, 6) is 0. The second-order valence-electron chi connectivity index (χ2n) is 6.51. The van der Waals surface area contributed by atoms with Gasteiger partial charge in [0.05, 0.1) is 0 Å². The highest BCUT2D eigenvalue weighted by atomic mass is 28.4. The maximum absolute atomic E-state index is 6.12. The molecule has 0 unspecified atom stereocenters. The molecule has 2 rings (SSSR count). The van der Waals surface area contributed by atoms with Gasteiger partial charge in [0, 0.05) is 25.3 Å². The highest BCUT2D eigenvalue weighted by Gasteiger charge is 2.52. The van der Waals surface area contributed by atoms with E-state index in [0.29, 0.717) is 0 Å². The first kappa shape index (κ1) is 15.5. The van der Waals surface area contributed by atoms with Crippen LogP contribution in [0.4, 0.5) is 0 Å². The Bertz CT molecular complexity index is 239. The van der Waals surface area contributed by atoms with Gasteiger partial charge in [-0.2, -0.15) is 0 Å². The van der Waals surface area contributed by atoms with Gasteiger partial charge in [0.25, 0.3) is 0 Å². The van der Waals surface area contributed by atoms with E-state index in [1.54, 1.807) is 0 Å². The monoisotopic (exact) mass is 284 g/mol. The Labute approximate surface area is 120 Å². The quantitative estimate of drug-likeness (QED) is 0.663. The van der Waals surface area contributed by atoms with Gasteiger partial charge in [0.1, 0.15) is 0 Å². The van der Waals surface area contributed by atoms with E-state index in [0.717, 1.165) is 11.1 Å². The van der Waals surface area contributed by atoms with Crippen molar-refractivity contribution in [2.75, 3.05) is 14.2 Å². The Hall–Kier alpha value is 0.137. The highest BCUT2D eigenvalue weighted by Crippen LogP contribution is 2.50. The predicted molar refractivity (Wildman–Crippen MR) is 82.7 cm³/mol. The molecule has 0 amide bonds. The van der Waals surface area contributed by atoms with Gasteiger partial charge >= 0.3 is 8.56 Å². The fourth-order valence-electron chi connectivity index (χ4n) is 4.11. The van der Waals surface area contributed by atoms with E-state index < -0.39 is 8.56 Å². The predicted octanol–water partition coefficient (Wildman–Crippen LogP) is 5.17. The Balaban J connectivity index is 2.03. The van der Waals surface area contributed by atoms with Crippen LogP contribution in [-0.4, -0.2) is 22.8 Å². The zero-order chi connectivity index (χ0) is 13.6. The lowest BCUT2D eigenvalue weighted by Gasteiger charge is -2.45. The molecule has 3 heteroatoms. The standard InChI is InChI=1S/C16H32O2Si/c1-17-19(18-2,16-13-10-14-16)15-11-8-6-4-3-5-7-9-12-15/h15-16H,3-14H2,1-2H3. The Kier molecular flexibility index (Phi) is 6.37. The molecule has 0 aromatic rings. The van der Waals surface area contributed by atoms with Crippen LogP contribution in [0.1, 0.15) is 77.0 Å². The lowest BCUT2D eigenvalue weighted by molar-refractivity contribution is 0.188. The molecule has 2 aliphatic carbocycles. The van der Waals surface area contributed by atoms with Crippen LogP contribution >= 0.6 is 0 Å². The van der Waals surface area contributed by atoms with Gasteiger partial charge in [-0.1, -0.05) is 51.4 Å². The molecule has 2 fully saturated rings. The van der Waals surface area contributed by atoms with Gasteiger partial charge < -0.3 is 8.85 Å². The van der Waals surface area contributed by atoms with Crippen molar-refractivity contribution in [2.45, 2.75) is 88.1 Å². The normalized spacial score (nSPS) is 24.9. The van der Waals surface area contributed by atoms with Crippen molar-refractivity contribution in [3.05, 3.63) is 0 Å². The van der Waals surface area contributed by atoms with Crippen LogP contribution in [-0.2, 0) is 8.85 Å². The smallest absolute Gasteiger partial charge is 0.344 e. The number of hydrogen-bond acceptors (Lipinski definition) is 2. The summed E-state index contributed by atoms with van der Waals surface area (Å²) in [4.78, 5) is 0. The van der Waals surface area contributed by atoms with Crippen molar-refractivity contribution in [1.29, 1.82) is 0 Å². The Morgan fingerprint density at radius 3 is 1.26 bits per heavy atom. The Morgan fingerprint density at radius 1 is 0.579 bits per heavy atom. The first-order valence-electron chi connectivity index (χ1n) is 8.44. The minimum atomic E-state index is -1.95. The van der Waals surface area contributed by atoms with Gasteiger partial charge in [-0.15, -0.1) is 0 Å². The summed E-state index contributed by atoms with van der Waals surface area (Å²) in [7, 11) is 1.89. The zero-order valence-electron chi connectivity index (χ0n) is 13.0. The Morgan fingerprint density at radius 2 is 0.947 bits per heavy atom. The molecule has 2 aliphatic rings. The van der Waals surface area contributed by atoms with Crippen molar-refractivity contribution in [3.63, 3.8) is 0 Å². The minimum Gasteiger partial charge on any atom is -0.397 e. The summed E-state index contributed by atoms with van der Waals surface area (Å²) in [6.45, 7) is 0. The first-order chi connectivity index (χ1) is 9.33. The SMILES string of the molecule is CO[Si](OC)(C1CCCCCCCCC1)C1CCC1. The first-order valence-corrected chi connectivity index (χ1v) is 10.4. The topological polar surface area (TPSA) is 18.5 Å². The maximum atomic E-state index is 6.12. The van der Waals surface area contributed by atoms with Crippen molar-refractivity contribution in [3.8, 4) is 0 Å². The van der Waals surface area contributed by atoms with Crippen molar-refractivity contribution in [1.82, 2.24) is 0 Å². The molecule has 0 bridgehead atoms. The zero-order valence-corrected chi connectivity index (χ0v) is 14.0. The van der Waals surface area contributed by atoms with Crippen molar-refractivity contribution >= 4 is 8.56 Å². The van der Waals surface area contributed by atoms with E-state index in [4.69, 9.17) is 8.85 Å². The third kappa shape index (κ3) is 3.62. The minimum absolute atomic E-state index is 0.742. The van der Waals surface area contributed by atoms with Gasteiger partial charge in [-0.25, -0.2) is 0 Å². The van der Waals surface area contributed by atoms with E-state index in [1.165, 1.54) is 77.0 Å². The van der Waals surface area contributed by atoms with Gasteiger partial charge in [-0.05, 0) is 25.7 Å². The van der Waals surface area contributed by atoms with Crippen LogP contribution in [0.2, 0.25) is 11.1 Å². The fourth-order valence-corrected chi connectivity index (χ4v) is 8.70. The van der Waals surface area contributed by atoms with E-state index >= 15 is 0 Å². The molecular weight excluding hydrogens is 252 g/mol. The molecular formula is C16H32O2Si. The molecule has 112 valence electrons. The summed E-state index contributed by atoms with van der Waals surface area (Å²) in [5.41, 5.74) is 1.52. The summed E-state index contributed by atoms with van der Waals surface area (Å²) in [6.07, 6.45) is 16.7. The fraction of sp³-hybridized carbons (Fsp3) is 1.00. The average Bonchev–Trinajstić information content (AvgIpc) is 2.40. The van der Waals surface area contributed by atoms with E-state index in [9.17, 15) is 0 Å². The van der Waals surface area contributed by atoms with Crippen LogP contribution in [0.25, 0.3) is 0 Å². The summed E-state index contributed by atoms with van der Waals surface area (Å²) >= 11 is 0.